The normalized spacial score (nSPS) is 10.6. The van der Waals surface area contributed by atoms with Gasteiger partial charge in [-0.25, -0.2) is 4.79 Å². The van der Waals surface area contributed by atoms with Crippen LogP contribution in [0.4, 0.5) is 0 Å². The van der Waals surface area contributed by atoms with Crippen molar-refractivity contribution in [1.82, 2.24) is 0 Å². The highest BCUT2D eigenvalue weighted by Gasteiger charge is 2.09. The minimum absolute atomic E-state index is 0.129. The van der Waals surface area contributed by atoms with E-state index in [-0.39, 0.29) is 5.78 Å². The number of carbonyl (C=O) groups is 2. The number of esters is 1. The van der Waals surface area contributed by atoms with E-state index in [0.717, 1.165) is 12.0 Å². The van der Waals surface area contributed by atoms with Gasteiger partial charge in [-0.05, 0) is 78.7 Å². The zero-order chi connectivity index (χ0) is 22.1. The zero-order valence-electron chi connectivity index (χ0n) is 17.5. The topological polar surface area (TPSA) is 61.8 Å². The van der Waals surface area contributed by atoms with Gasteiger partial charge < -0.3 is 14.2 Å². The van der Waals surface area contributed by atoms with Gasteiger partial charge in [0.2, 0.25) is 0 Å². The minimum Gasteiger partial charge on any atom is -0.497 e. The smallest absolute Gasteiger partial charge is 0.343 e. The maximum atomic E-state index is 12.4. The molecule has 0 aliphatic rings. The molecule has 0 saturated heterocycles. The first-order valence-electron chi connectivity index (χ1n) is 10.0. The maximum Gasteiger partial charge on any atom is 0.343 e. The third kappa shape index (κ3) is 6.31. The van der Waals surface area contributed by atoms with Crippen LogP contribution in [-0.2, 0) is 0 Å². The summed E-state index contributed by atoms with van der Waals surface area (Å²) in [5.74, 6) is 1.22. The summed E-state index contributed by atoms with van der Waals surface area (Å²) in [5, 5.41) is 0. The molecule has 0 amide bonds. The summed E-state index contributed by atoms with van der Waals surface area (Å²) in [6.07, 6.45) is 4.09. The molecule has 5 nitrogen and oxygen atoms in total. The molecule has 0 saturated carbocycles. The second-order valence-electron chi connectivity index (χ2n) is 6.76. The first-order chi connectivity index (χ1) is 15.1. The van der Waals surface area contributed by atoms with E-state index in [9.17, 15) is 9.59 Å². The number of carbonyl (C=O) groups excluding carboxylic acids is 2. The van der Waals surface area contributed by atoms with E-state index in [2.05, 4.69) is 0 Å². The van der Waals surface area contributed by atoms with Crippen LogP contribution in [0.3, 0.4) is 0 Å². The van der Waals surface area contributed by atoms with Crippen molar-refractivity contribution in [1.29, 1.82) is 0 Å². The van der Waals surface area contributed by atoms with Crippen molar-refractivity contribution in [3.63, 3.8) is 0 Å². The fourth-order valence-corrected chi connectivity index (χ4v) is 2.78. The number of allylic oxidation sites excluding steroid dienone is 1. The Balaban J connectivity index is 1.63. The Kier molecular flexibility index (Phi) is 7.60. The van der Waals surface area contributed by atoms with E-state index in [0.29, 0.717) is 35.0 Å². The molecule has 0 fully saturated rings. The van der Waals surface area contributed by atoms with Gasteiger partial charge in [0.25, 0.3) is 0 Å². The number of hydrogen-bond acceptors (Lipinski definition) is 5. The molecule has 31 heavy (non-hydrogen) atoms. The molecule has 0 spiro atoms. The molecule has 0 heterocycles. The van der Waals surface area contributed by atoms with Crippen molar-refractivity contribution in [3.05, 3.63) is 95.6 Å². The van der Waals surface area contributed by atoms with Crippen LogP contribution in [0.5, 0.6) is 17.2 Å². The number of methoxy groups -OCH3 is 1. The van der Waals surface area contributed by atoms with E-state index in [1.807, 2.05) is 13.0 Å². The van der Waals surface area contributed by atoms with E-state index in [1.54, 1.807) is 79.9 Å². The summed E-state index contributed by atoms with van der Waals surface area (Å²) in [5.41, 5.74) is 1.74. The molecule has 5 heteroatoms. The van der Waals surface area contributed by atoms with Crippen LogP contribution < -0.4 is 14.2 Å². The number of ether oxygens (including phenoxy) is 3. The van der Waals surface area contributed by atoms with Gasteiger partial charge in [-0.1, -0.05) is 25.1 Å². The zero-order valence-corrected chi connectivity index (χ0v) is 17.5. The molecule has 3 aromatic rings. The highest BCUT2D eigenvalue weighted by atomic mass is 16.5. The van der Waals surface area contributed by atoms with E-state index < -0.39 is 5.97 Å². The highest BCUT2D eigenvalue weighted by molar-refractivity contribution is 6.06. The Labute approximate surface area is 181 Å². The summed E-state index contributed by atoms with van der Waals surface area (Å²) < 4.78 is 16.1. The van der Waals surface area contributed by atoms with Crippen molar-refractivity contribution in [3.8, 4) is 17.2 Å². The standard InChI is InChI=1S/C26H24O5/c1-3-17-30-23-14-10-21(11-15-23)26(28)31-24-6-4-5-19(18-24)7-16-25(27)20-8-12-22(29-2)13-9-20/h4-16,18H,3,17H2,1-2H3/b16-7+. The Morgan fingerprint density at radius 3 is 2.19 bits per heavy atom. The van der Waals surface area contributed by atoms with E-state index in [1.165, 1.54) is 6.08 Å². The molecular formula is C26H24O5. The lowest BCUT2D eigenvalue weighted by molar-refractivity contribution is 0.0734. The van der Waals surface area contributed by atoms with Gasteiger partial charge in [-0.2, -0.15) is 0 Å². The van der Waals surface area contributed by atoms with E-state index in [4.69, 9.17) is 14.2 Å². The van der Waals surface area contributed by atoms with Crippen LogP contribution in [0.2, 0.25) is 0 Å². The van der Waals surface area contributed by atoms with Gasteiger partial charge in [0, 0.05) is 5.56 Å². The molecule has 158 valence electrons. The van der Waals surface area contributed by atoms with Crippen LogP contribution in [0.25, 0.3) is 6.08 Å². The SMILES string of the molecule is CCCOc1ccc(C(=O)Oc2cccc(/C=C/C(=O)c3ccc(OC)cc3)c2)cc1. The highest BCUT2D eigenvalue weighted by Crippen LogP contribution is 2.19. The van der Waals surface area contributed by atoms with Gasteiger partial charge in [-0.15, -0.1) is 0 Å². The van der Waals surface area contributed by atoms with Crippen LogP contribution in [-0.4, -0.2) is 25.5 Å². The fraction of sp³-hybridized carbons (Fsp3) is 0.154. The molecule has 0 atom stereocenters. The monoisotopic (exact) mass is 416 g/mol. The molecule has 0 aliphatic heterocycles. The summed E-state index contributed by atoms with van der Waals surface area (Å²) in [6, 6.07) is 20.7. The number of rotatable bonds is 9. The Hall–Kier alpha value is -3.86. The Bertz CT molecular complexity index is 1050. The lowest BCUT2D eigenvalue weighted by Crippen LogP contribution is -2.08. The second-order valence-corrected chi connectivity index (χ2v) is 6.76. The van der Waals surface area contributed by atoms with Crippen molar-refractivity contribution >= 4 is 17.8 Å². The maximum absolute atomic E-state index is 12.4. The molecule has 3 rings (SSSR count). The van der Waals surface area contributed by atoms with Crippen LogP contribution in [0, 0.1) is 0 Å². The van der Waals surface area contributed by atoms with Gasteiger partial charge in [0.05, 0.1) is 19.3 Å². The van der Waals surface area contributed by atoms with Crippen LogP contribution >= 0.6 is 0 Å². The van der Waals surface area contributed by atoms with Crippen molar-refractivity contribution in [2.45, 2.75) is 13.3 Å². The van der Waals surface area contributed by atoms with Gasteiger partial charge in [-0.3, -0.25) is 4.79 Å². The molecule has 0 unspecified atom stereocenters. The van der Waals surface area contributed by atoms with Crippen molar-refractivity contribution < 1.29 is 23.8 Å². The third-order valence-electron chi connectivity index (χ3n) is 4.43. The summed E-state index contributed by atoms with van der Waals surface area (Å²) >= 11 is 0. The van der Waals surface area contributed by atoms with Crippen LogP contribution in [0.15, 0.2) is 78.9 Å². The predicted octanol–water partition coefficient (Wildman–Crippen LogP) is 5.60. The molecule has 0 N–H and O–H groups in total. The Morgan fingerprint density at radius 2 is 1.52 bits per heavy atom. The molecule has 0 aliphatic carbocycles. The molecule has 0 aromatic heterocycles. The largest absolute Gasteiger partial charge is 0.497 e. The van der Waals surface area contributed by atoms with Gasteiger partial charge in [0.1, 0.15) is 17.2 Å². The predicted molar refractivity (Wildman–Crippen MR) is 120 cm³/mol. The molecule has 3 aromatic carbocycles. The first kappa shape index (κ1) is 21.8. The average Bonchev–Trinajstić information content (AvgIpc) is 2.81. The number of ketones is 1. The fourth-order valence-electron chi connectivity index (χ4n) is 2.78. The molecule has 0 radical (unpaired) electrons. The van der Waals surface area contributed by atoms with Crippen LogP contribution in [0.1, 0.15) is 39.6 Å². The minimum atomic E-state index is -0.461. The lowest BCUT2D eigenvalue weighted by atomic mass is 10.1. The summed E-state index contributed by atoms with van der Waals surface area (Å²) in [7, 11) is 1.58. The average molecular weight is 416 g/mol. The number of hydrogen-bond donors (Lipinski definition) is 0. The molecule has 0 bridgehead atoms. The first-order valence-corrected chi connectivity index (χ1v) is 10.0. The molecular weight excluding hydrogens is 392 g/mol. The van der Waals surface area contributed by atoms with Gasteiger partial charge >= 0.3 is 5.97 Å². The lowest BCUT2D eigenvalue weighted by Gasteiger charge is -2.07. The van der Waals surface area contributed by atoms with Crippen molar-refractivity contribution in [2.24, 2.45) is 0 Å². The van der Waals surface area contributed by atoms with Crippen molar-refractivity contribution in [2.75, 3.05) is 13.7 Å². The number of benzene rings is 3. The third-order valence-corrected chi connectivity index (χ3v) is 4.43. The van der Waals surface area contributed by atoms with Gasteiger partial charge in [0.15, 0.2) is 5.78 Å². The second kappa shape index (κ2) is 10.8. The Morgan fingerprint density at radius 1 is 0.839 bits per heavy atom. The summed E-state index contributed by atoms with van der Waals surface area (Å²) in [4.78, 5) is 24.7. The van der Waals surface area contributed by atoms with E-state index >= 15 is 0 Å². The summed E-state index contributed by atoms with van der Waals surface area (Å²) in [6.45, 7) is 2.66. The quantitative estimate of drug-likeness (QED) is 0.197.